The van der Waals surface area contributed by atoms with Crippen LogP contribution in [0.3, 0.4) is 0 Å². The van der Waals surface area contributed by atoms with Crippen molar-refractivity contribution in [2.24, 2.45) is 0 Å². The lowest BCUT2D eigenvalue weighted by molar-refractivity contribution is -0.383. The fraction of sp³-hybridized carbons (Fsp3) is 0.417. The third kappa shape index (κ3) is 2.82. The number of aliphatic hydroxyl groups is 1. The van der Waals surface area contributed by atoms with Crippen LogP contribution in [0.2, 0.25) is 0 Å². The van der Waals surface area contributed by atoms with Crippen LogP contribution < -0.4 is 5.73 Å². The average molecular weight is 267 g/mol. The standard InChI is InChI=1S/C12H17N3O4/c1-12(2,7-16)14(3)11(17)8-5-4-6-9(10(8)13)15(18)19/h4-6,16H,7,13H2,1-3H3. The predicted molar refractivity (Wildman–Crippen MR) is 70.8 cm³/mol. The highest BCUT2D eigenvalue weighted by molar-refractivity contribution is 6.01. The lowest BCUT2D eigenvalue weighted by Crippen LogP contribution is -2.47. The number of anilines is 1. The summed E-state index contributed by atoms with van der Waals surface area (Å²) in [6.45, 7) is 3.13. The Morgan fingerprint density at radius 2 is 2.11 bits per heavy atom. The molecule has 1 aromatic carbocycles. The number of carbonyl (C=O) groups is 1. The number of carbonyl (C=O) groups excluding carboxylic acids is 1. The van der Waals surface area contributed by atoms with E-state index in [1.54, 1.807) is 13.8 Å². The number of para-hydroxylation sites is 1. The molecule has 0 heterocycles. The molecule has 0 radical (unpaired) electrons. The summed E-state index contributed by atoms with van der Waals surface area (Å²) in [4.78, 5) is 23.7. The number of amides is 1. The Hall–Kier alpha value is -2.15. The van der Waals surface area contributed by atoms with Gasteiger partial charge in [0.25, 0.3) is 11.6 Å². The molecule has 0 fully saturated rings. The number of nitro benzene ring substituents is 1. The zero-order valence-electron chi connectivity index (χ0n) is 11.1. The van der Waals surface area contributed by atoms with Crippen molar-refractivity contribution < 1.29 is 14.8 Å². The molecule has 7 nitrogen and oxygen atoms in total. The minimum absolute atomic E-state index is 0.0539. The largest absolute Gasteiger partial charge is 0.394 e. The number of likely N-dealkylation sites (N-methyl/N-ethyl adjacent to an activating group) is 1. The van der Waals surface area contributed by atoms with E-state index in [1.807, 2.05) is 0 Å². The third-order valence-corrected chi connectivity index (χ3v) is 3.11. The van der Waals surface area contributed by atoms with Crippen molar-refractivity contribution in [3.63, 3.8) is 0 Å². The molecule has 0 unspecified atom stereocenters. The molecule has 0 aliphatic heterocycles. The van der Waals surface area contributed by atoms with E-state index < -0.39 is 16.4 Å². The molecule has 0 bridgehead atoms. The van der Waals surface area contributed by atoms with E-state index >= 15 is 0 Å². The highest BCUT2D eigenvalue weighted by Gasteiger charge is 2.30. The van der Waals surface area contributed by atoms with Gasteiger partial charge in [0.2, 0.25) is 0 Å². The van der Waals surface area contributed by atoms with Gasteiger partial charge < -0.3 is 15.7 Å². The van der Waals surface area contributed by atoms with Crippen molar-refractivity contribution >= 4 is 17.3 Å². The number of hydrogen-bond acceptors (Lipinski definition) is 5. The van der Waals surface area contributed by atoms with Gasteiger partial charge in [-0.05, 0) is 19.9 Å². The summed E-state index contributed by atoms with van der Waals surface area (Å²) >= 11 is 0. The van der Waals surface area contributed by atoms with Crippen LogP contribution in [0, 0.1) is 10.1 Å². The fourth-order valence-corrected chi connectivity index (χ4v) is 1.46. The van der Waals surface area contributed by atoms with Gasteiger partial charge >= 0.3 is 0 Å². The first-order valence-electron chi connectivity index (χ1n) is 5.64. The third-order valence-electron chi connectivity index (χ3n) is 3.11. The zero-order chi connectivity index (χ0) is 14.8. The second-order valence-corrected chi connectivity index (χ2v) is 4.83. The summed E-state index contributed by atoms with van der Waals surface area (Å²) in [5.41, 5.74) is 4.45. The first kappa shape index (κ1) is 14.9. The maximum absolute atomic E-state index is 12.3. The summed E-state index contributed by atoms with van der Waals surface area (Å²) < 4.78 is 0. The Labute approximate surface area is 110 Å². The van der Waals surface area contributed by atoms with Crippen LogP contribution in [0.4, 0.5) is 11.4 Å². The Bertz CT molecular complexity index is 514. The number of nitrogens with zero attached hydrogens (tertiary/aromatic N) is 2. The van der Waals surface area contributed by atoms with Gasteiger partial charge in [-0.2, -0.15) is 0 Å². The van der Waals surface area contributed by atoms with Crippen LogP contribution in [-0.2, 0) is 0 Å². The molecular weight excluding hydrogens is 250 g/mol. The first-order valence-corrected chi connectivity index (χ1v) is 5.64. The van der Waals surface area contributed by atoms with Gasteiger partial charge in [0.15, 0.2) is 0 Å². The first-order chi connectivity index (χ1) is 8.72. The molecule has 1 amide bonds. The van der Waals surface area contributed by atoms with Crippen LogP contribution in [0.25, 0.3) is 0 Å². The van der Waals surface area contributed by atoms with Gasteiger partial charge in [0.05, 0.1) is 22.6 Å². The van der Waals surface area contributed by atoms with Crippen LogP contribution in [0.15, 0.2) is 18.2 Å². The van der Waals surface area contributed by atoms with Crippen molar-refractivity contribution in [2.75, 3.05) is 19.4 Å². The number of aliphatic hydroxyl groups excluding tert-OH is 1. The van der Waals surface area contributed by atoms with Crippen molar-refractivity contribution in [1.29, 1.82) is 0 Å². The highest BCUT2D eigenvalue weighted by atomic mass is 16.6. The number of nitro groups is 1. The van der Waals surface area contributed by atoms with Crippen molar-refractivity contribution in [3.05, 3.63) is 33.9 Å². The molecule has 7 heteroatoms. The van der Waals surface area contributed by atoms with E-state index in [1.165, 1.54) is 30.1 Å². The Balaban J connectivity index is 3.21. The van der Waals surface area contributed by atoms with Gasteiger partial charge in [-0.1, -0.05) is 6.07 Å². The normalized spacial score (nSPS) is 11.2. The molecule has 0 aliphatic rings. The summed E-state index contributed by atoms with van der Waals surface area (Å²) in [6, 6.07) is 4.07. The van der Waals surface area contributed by atoms with Crippen LogP contribution in [-0.4, -0.2) is 40.0 Å². The molecule has 0 aliphatic carbocycles. The molecule has 1 rings (SSSR count). The monoisotopic (exact) mass is 267 g/mol. The zero-order valence-corrected chi connectivity index (χ0v) is 11.1. The van der Waals surface area contributed by atoms with Crippen LogP contribution >= 0.6 is 0 Å². The molecule has 104 valence electrons. The topological polar surface area (TPSA) is 110 Å². The number of nitrogens with two attached hydrogens (primary N) is 1. The smallest absolute Gasteiger partial charge is 0.292 e. The SMILES string of the molecule is CN(C(=O)c1cccc([N+](=O)[O-])c1N)C(C)(C)CO. The van der Waals surface area contributed by atoms with E-state index in [2.05, 4.69) is 0 Å². The second kappa shape index (κ2) is 5.23. The van der Waals surface area contributed by atoms with Gasteiger partial charge in [-0.25, -0.2) is 0 Å². The Morgan fingerprint density at radius 1 is 1.53 bits per heavy atom. The molecule has 1 aromatic rings. The summed E-state index contributed by atoms with van der Waals surface area (Å²) in [6.07, 6.45) is 0. The predicted octanol–water partition coefficient (Wildman–Crippen LogP) is 1.02. The number of nitrogen functional groups attached to an aromatic ring is 1. The van der Waals surface area contributed by atoms with Crippen LogP contribution in [0.1, 0.15) is 24.2 Å². The van der Waals surface area contributed by atoms with Gasteiger partial charge in [0.1, 0.15) is 5.69 Å². The summed E-state index contributed by atoms with van der Waals surface area (Å²) in [7, 11) is 1.51. The van der Waals surface area contributed by atoms with E-state index in [4.69, 9.17) is 5.73 Å². The molecule has 0 spiro atoms. The molecule has 0 saturated heterocycles. The van der Waals surface area contributed by atoms with Crippen molar-refractivity contribution in [1.82, 2.24) is 4.90 Å². The van der Waals surface area contributed by atoms with Gasteiger partial charge in [0, 0.05) is 13.1 Å². The fourth-order valence-electron chi connectivity index (χ4n) is 1.46. The lowest BCUT2D eigenvalue weighted by Gasteiger charge is -2.34. The van der Waals surface area contributed by atoms with Gasteiger partial charge in [-0.3, -0.25) is 14.9 Å². The van der Waals surface area contributed by atoms with Gasteiger partial charge in [-0.15, -0.1) is 0 Å². The minimum Gasteiger partial charge on any atom is -0.394 e. The average Bonchev–Trinajstić information content (AvgIpc) is 2.36. The van der Waals surface area contributed by atoms with Crippen molar-refractivity contribution in [3.8, 4) is 0 Å². The summed E-state index contributed by atoms with van der Waals surface area (Å²) in [5.74, 6) is -0.472. The quantitative estimate of drug-likeness (QED) is 0.481. The van der Waals surface area contributed by atoms with E-state index in [0.717, 1.165) is 0 Å². The molecule has 0 aromatic heterocycles. The highest BCUT2D eigenvalue weighted by Crippen LogP contribution is 2.27. The lowest BCUT2D eigenvalue weighted by atomic mass is 10.0. The van der Waals surface area contributed by atoms with Crippen LogP contribution in [0.5, 0.6) is 0 Å². The van der Waals surface area contributed by atoms with Crippen molar-refractivity contribution in [2.45, 2.75) is 19.4 Å². The molecule has 19 heavy (non-hydrogen) atoms. The Morgan fingerprint density at radius 3 is 2.58 bits per heavy atom. The molecule has 3 N–H and O–H groups in total. The summed E-state index contributed by atoms with van der Waals surface area (Å²) in [5, 5.41) is 20.0. The number of rotatable bonds is 4. The molecule has 0 atom stereocenters. The Kier molecular flexibility index (Phi) is 4.10. The maximum atomic E-state index is 12.3. The van der Waals surface area contributed by atoms with E-state index in [0.29, 0.717) is 0 Å². The molecular formula is C12H17N3O4. The number of benzene rings is 1. The minimum atomic E-state index is -0.784. The molecule has 0 saturated carbocycles. The number of hydrogen-bond donors (Lipinski definition) is 2. The van der Waals surface area contributed by atoms with E-state index in [-0.39, 0.29) is 23.5 Å². The van der Waals surface area contributed by atoms with E-state index in [9.17, 15) is 20.0 Å². The second-order valence-electron chi connectivity index (χ2n) is 4.83. The maximum Gasteiger partial charge on any atom is 0.292 e.